The summed E-state index contributed by atoms with van der Waals surface area (Å²) in [5.74, 6) is -71.4. The Morgan fingerprint density at radius 2 is 0.394 bits per heavy atom. The molecule has 2 N–H and O–H groups in total. The van der Waals surface area contributed by atoms with E-state index in [9.17, 15) is 52.7 Å². The predicted molar refractivity (Wildman–Crippen MR) is 312 cm³/mol. The van der Waals surface area contributed by atoms with Gasteiger partial charge in [0.2, 0.25) is 0 Å². The van der Waals surface area contributed by atoms with Crippen LogP contribution in [0.5, 0.6) is 0 Å². The molecule has 0 atom stereocenters. The monoisotopic (exact) mass is 1360 g/mol. The number of hydrogen-bond donors (Lipinski definition) is 2. The van der Waals surface area contributed by atoms with E-state index >= 15 is 35.1 Å². The van der Waals surface area contributed by atoms with Gasteiger partial charge in [0.25, 0.3) is 0 Å². The van der Waals surface area contributed by atoms with Crippen LogP contribution in [0.15, 0.2) is 170 Å². The first-order valence-electron chi connectivity index (χ1n) is 27.8. The zero-order valence-electron chi connectivity index (χ0n) is 47.2. The van der Waals surface area contributed by atoms with Gasteiger partial charge in [-0.15, -0.1) is 21.9 Å². The molecule has 94 heavy (non-hydrogen) atoms. The first-order chi connectivity index (χ1) is 44.9. The van der Waals surface area contributed by atoms with Crippen molar-refractivity contribution in [3.63, 3.8) is 0 Å². The van der Waals surface area contributed by atoms with Gasteiger partial charge in [-0.2, -0.15) is 0 Å². The Hall–Kier alpha value is -10.4. The molecule has 0 fully saturated rings. The van der Waals surface area contributed by atoms with Gasteiger partial charge in [-0.1, -0.05) is 0 Å². The molecular weight excluding hydrogens is 1330 g/mol. The number of aromatic amines is 2. The van der Waals surface area contributed by atoms with Gasteiger partial charge in [0.1, 0.15) is 52.7 Å². The fraction of sp³-hybridized carbons (Fsp3) is 0. The molecule has 2 aliphatic rings. The summed E-state index contributed by atoms with van der Waals surface area (Å²) < 4.78 is 300. The Bertz CT molecular complexity index is 4310. The summed E-state index contributed by atoms with van der Waals surface area (Å²) in [6, 6.07) is 60.9. The second-order valence-corrected chi connectivity index (χ2v) is 33.0. The average molecular weight is 1360 g/mol. The molecule has 26 heteroatoms. The Labute approximate surface area is 520 Å². The van der Waals surface area contributed by atoms with E-state index in [1.165, 1.54) is 16.6 Å². The van der Waals surface area contributed by atoms with Gasteiger partial charge in [-0.05, 0) is 72.8 Å². The van der Waals surface area contributed by atoms with Gasteiger partial charge >= 0.3 is 153 Å². The maximum absolute atomic E-state index is 15.4. The van der Waals surface area contributed by atoms with Gasteiger partial charge in [-0.3, -0.25) is 0 Å². The molecule has 13 rings (SSSR count). The van der Waals surface area contributed by atoms with Gasteiger partial charge in [0.15, 0.2) is 69.8 Å². The summed E-state index contributed by atoms with van der Waals surface area (Å²) in [7, 11) is 0. The number of benzene rings is 8. The maximum atomic E-state index is 15.4. The van der Waals surface area contributed by atoms with Crippen molar-refractivity contribution in [1.82, 2.24) is 19.9 Å². The number of fused-ring (bicyclic) bond motifs is 8. The molecule has 474 valence electrons. The fourth-order valence-electron chi connectivity index (χ4n) is 12.6. The van der Waals surface area contributed by atoms with Gasteiger partial charge in [0.05, 0.1) is 22.8 Å². The summed E-state index contributed by atoms with van der Waals surface area (Å²) in [6.45, 7) is 0. The van der Waals surface area contributed by atoms with Crippen molar-refractivity contribution in [3.8, 4) is 0 Å². The normalized spacial score (nSPS) is 12.0. The molecule has 8 aromatic carbocycles. The van der Waals surface area contributed by atoms with E-state index in [4.69, 9.17) is 0 Å². The first-order valence-corrected chi connectivity index (χ1v) is 33.8. The number of hydrogen-bond acceptors (Lipinski definition) is 2. The zero-order chi connectivity index (χ0) is 67.2. The molecule has 0 radical (unpaired) electrons. The molecule has 5 heterocycles. The Kier molecular flexibility index (Phi) is 18.0. The van der Waals surface area contributed by atoms with Crippen LogP contribution >= 0.6 is 0 Å². The number of H-pyrrole nitrogens is 2. The van der Waals surface area contributed by atoms with Crippen LogP contribution < -0.4 is 38.5 Å². The Morgan fingerprint density at radius 1 is 0.223 bits per heavy atom. The second-order valence-electron chi connectivity index (χ2n) is 21.7. The number of nitrogens with one attached hydrogen (secondary N) is 2. The number of nitrogens with zero attached hydrogens (tertiary/aromatic N) is 2. The van der Waals surface area contributed by atoms with Crippen molar-refractivity contribution in [2.75, 3.05) is 0 Å². The quantitative estimate of drug-likeness (QED) is 0.0689. The summed E-state index contributed by atoms with van der Waals surface area (Å²) in [6.07, 6.45) is 0.873. The third-order valence-corrected chi connectivity index (χ3v) is 30.8. The fourth-order valence-corrected chi connectivity index (χ4v) is 26.7. The summed E-state index contributed by atoms with van der Waals surface area (Å²) in [5.41, 5.74) is -6.47. The van der Waals surface area contributed by atoms with E-state index in [0.717, 1.165) is 44.8 Å². The summed E-state index contributed by atoms with van der Waals surface area (Å²) >= 11 is -3.43. The number of halogens is 20. The molecular formula is C68H34BF20N4Zn-3. The molecule has 11 aromatic rings. The van der Waals surface area contributed by atoms with Crippen LogP contribution in [0.25, 0.3) is 46.4 Å². The van der Waals surface area contributed by atoms with E-state index in [-0.39, 0.29) is 0 Å². The Balaban J connectivity index is 0.000000155. The third kappa shape index (κ3) is 11.2. The molecule has 0 spiro atoms. The van der Waals surface area contributed by atoms with E-state index in [1.807, 2.05) is 48.6 Å². The van der Waals surface area contributed by atoms with E-state index < -0.39 is 159 Å². The van der Waals surface area contributed by atoms with Crippen molar-refractivity contribution in [2.45, 2.75) is 0 Å². The molecule has 0 aliphatic carbocycles. The van der Waals surface area contributed by atoms with Crippen LogP contribution in [0.4, 0.5) is 87.8 Å². The van der Waals surface area contributed by atoms with Crippen LogP contribution in [-0.4, -0.2) is 26.1 Å². The molecule has 2 aliphatic heterocycles. The average Bonchev–Trinajstić information content (AvgIpc) is 0.799. The van der Waals surface area contributed by atoms with Gasteiger partial charge in [-0.25, -0.2) is 97.8 Å². The first kappa shape index (κ1) is 65.2. The molecule has 0 saturated carbocycles. The van der Waals surface area contributed by atoms with Crippen LogP contribution in [0, 0.1) is 116 Å². The van der Waals surface area contributed by atoms with Crippen LogP contribution in [0.2, 0.25) is 0 Å². The SMILES string of the molecule is C1=Cc2cc3ccc(cc4nc(cc5ccc(cc1n2)[nH]5)C=C4)[nH]3.Fc1c(F)c(F)c([B-](c2c(F)c(F)c(F)c(F)c2F)(c2c(F)c(F)c(F)c(F)c2F)c2c(F)c(F)c(F)c(F)c2F)c(F)c1F.c1cc[c]([Zn-2]([c]2ccccc2)([c]2ccccc2)[c]2ccccc2)cc1. The summed E-state index contributed by atoms with van der Waals surface area (Å²) in [5, 5.41) is 0. The topological polar surface area (TPSA) is 57.4 Å². The van der Waals surface area contributed by atoms with E-state index in [0.29, 0.717) is 0 Å². The van der Waals surface area contributed by atoms with Crippen molar-refractivity contribution < 1.29 is 103 Å². The van der Waals surface area contributed by atoms with Gasteiger partial charge < -0.3 is 9.97 Å². The molecule has 3 aromatic heterocycles. The second kappa shape index (κ2) is 26.0. The van der Waals surface area contributed by atoms with Crippen molar-refractivity contribution in [3.05, 3.63) is 309 Å². The van der Waals surface area contributed by atoms with E-state index in [2.05, 4.69) is 166 Å². The molecule has 4 nitrogen and oxygen atoms in total. The van der Waals surface area contributed by atoms with Gasteiger partial charge in [0, 0.05) is 22.1 Å². The Morgan fingerprint density at radius 3 is 0.574 bits per heavy atom. The van der Waals surface area contributed by atoms with Crippen molar-refractivity contribution in [2.24, 2.45) is 0 Å². The zero-order valence-corrected chi connectivity index (χ0v) is 50.2. The van der Waals surface area contributed by atoms with E-state index in [1.54, 1.807) is 0 Å². The molecule has 8 bridgehead atoms. The molecule has 0 unspecified atom stereocenters. The number of rotatable bonds is 8. The standard InChI is InChI=1S/C24BF20.C20H14N4.4C6H5.Zn/c26-5-1(6(27)14(35)21(42)13(5)34)25(2-7(28)15(36)22(43)16(37)8(2)29,3-9(30)17(38)23(44)18(39)10(3)31)4-11(32)19(40)24(45)20(41)12(4)33;1-2-14-10-16-5-6-18(23-16)12-20-8-7-19(24-20)11-17-4-3-15(22-17)9-13(1)21-14;4*1-2-4-6-5-3-1;/h;1-12,21,24H;4*1-5H;/q-1;;;;;;-2. The predicted octanol–water partition coefficient (Wildman–Crippen LogP) is 13.9. The van der Waals surface area contributed by atoms with Crippen molar-refractivity contribution >= 4 is 91.0 Å². The summed E-state index contributed by atoms with van der Waals surface area (Å²) in [4.78, 5) is 16.0. The van der Waals surface area contributed by atoms with Crippen LogP contribution in [-0.2, 0) is 14.8 Å². The third-order valence-electron chi connectivity index (χ3n) is 16.6. The molecule has 0 saturated heterocycles. The molecule has 0 amide bonds. The van der Waals surface area contributed by atoms with Crippen LogP contribution in [0.3, 0.4) is 0 Å². The minimum atomic E-state index is -7.22. The van der Waals surface area contributed by atoms with Crippen LogP contribution in [0.1, 0.15) is 22.8 Å². The number of aromatic nitrogens is 4. The minimum absolute atomic E-state index is 0.939. The van der Waals surface area contributed by atoms with Crippen molar-refractivity contribution in [1.29, 1.82) is 0 Å².